The van der Waals surface area contributed by atoms with Gasteiger partial charge in [0.15, 0.2) is 0 Å². The molecule has 0 fully saturated rings. The van der Waals surface area contributed by atoms with E-state index in [1.54, 1.807) is 0 Å². The van der Waals surface area contributed by atoms with Gasteiger partial charge in [-0.3, -0.25) is 0 Å². The standard InChI is InChI=1S/C15H26N2/c1-6-16-11-12-17(5)14-9-7-13(8-10-14)15(2,3)4/h7-10,16H,6,11-12H2,1-5H3. The summed E-state index contributed by atoms with van der Waals surface area (Å²) in [6.07, 6.45) is 0. The minimum absolute atomic E-state index is 0.237. The smallest absolute Gasteiger partial charge is 0.0364 e. The largest absolute Gasteiger partial charge is 0.373 e. The van der Waals surface area contributed by atoms with Gasteiger partial charge in [0.1, 0.15) is 0 Å². The molecule has 96 valence electrons. The zero-order chi connectivity index (χ0) is 12.9. The van der Waals surface area contributed by atoms with E-state index in [1.807, 2.05) is 0 Å². The molecule has 1 rings (SSSR count). The quantitative estimate of drug-likeness (QED) is 0.788. The molecule has 1 aromatic carbocycles. The molecule has 0 saturated carbocycles. The van der Waals surface area contributed by atoms with Crippen molar-refractivity contribution in [2.45, 2.75) is 33.1 Å². The van der Waals surface area contributed by atoms with E-state index in [4.69, 9.17) is 0 Å². The second-order valence-corrected chi connectivity index (χ2v) is 5.57. The molecule has 1 aromatic rings. The fourth-order valence-corrected chi connectivity index (χ4v) is 1.77. The first-order chi connectivity index (χ1) is 7.95. The summed E-state index contributed by atoms with van der Waals surface area (Å²) in [5.74, 6) is 0. The summed E-state index contributed by atoms with van der Waals surface area (Å²) in [4.78, 5) is 2.29. The average molecular weight is 234 g/mol. The number of rotatable bonds is 5. The van der Waals surface area contributed by atoms with Gasteiger partial charge >= 0.3 is 0 Å². The second-order valence-electron chi connectivity index (χ2n) is 5.57. The van der Waals surface area contributed by atoms with E-state index in [1.165, 1.54) is 11.3 Å². The first-order valence-corrected chi connectivity index (χ1v) is 6.47. The van der Waals surface area contributed by atoms with E-state index < -0.39 is 0 Å². The maximum Gasteiger partial charge on any atom is 0.0364 e. The zero-order valence-electron chi connectivity index (χ0n) is 11.9. The number of benzene rings is 1. The first-order valence-electron chi connectivity index (χ1n) is 6.47. The van der Waals surface area contributed by atoms with Gasteiger partial charge in [-0.2, -0.15) is 0 Å². The topological polar surface area (TPSA) is 15.3 Å². The molecular formula is C15H26N2. The molecule has 0 aliphatic rings. The van der Waals surface area contributed by atoms with Gasteiger partial charge in [-0.15, -0.1) is 0 Å². The summed E-state index contributed by atoms with van der Waals surface area (Å²) >= 11 is 0. The molecule has 0 bridgehead atoms. The van der Waals surface area contributed by atoms with Crippen LogP contribution in [-0.4, -0.2) is 26.7 Å². The fraction of sp³-hybridized carbons (Fsp3) is 0.600. The Morgan fingerprint density at radius 1 is 1.12 bits per heavy atom. The lowest BCUT2D eigenvalue weighted by atomic mass is 9.87. The molecule has 0 atom stereocenters. The van der Waals surface area contributed by atoms with Crippen molar-refractivity contribution >= 4 is 5.69 Å². The summed E-state index contributed by atoms with van der Waals surface area (Å²) in [7, 11) is 2.14. The van der Waals surface area contributed by atoms with E-state index in [0.29, 0.717) is 0 Å². The van der Waals surface area contributed by atoms with Crippen molar-refractivity contribution in [2.24, 2.45) is 0 Å². The third kappa shape index (κ3) is 4.39. The van der Waals surface area contributed by atoms with E-state index in [9.17, 15) is 0 Å². The Hall–Kier alpha value is -1.02. The van der Waals surface area contributed by atoms with Crippen LogP contribution in [0.2, 0.25) is 0 Å². The van der Waals surface area contributed by atoms with Crippen LogP contribution in [0.5, 0.6) is 0 Å². The van der Waals surface area contributed by atoms with E-state index >= 15 is 0 Å². The normalized spacial score (nSPS) is 11.6. The molecule has 0 aliphatic carbocycles. The SMILES string of the molecule is CCNCCN(C)c1ccc(C(C)(C)C)cc1. The molecule has 0 aromatic heterocycles. The number of hydrogen-bond donors (Lipinski definition) is 1. The Morgan fingerprint density at radius 3 is 2.18 bits per heavy atom. The predicted molar refractivity (Wildman–Crippen MR) is 77.0 cm³/mol. The van der Waals surface area contributed by atoms with Gasteiger partial charge in [0.25, 0.3) is 0 Å². The van der Waals surface area contributed by atoms with Crippen LogP contribution in [0.15, 0.2) is 24.3 Å². The lowest BCUT2D eigenvalue weighted by Gasteiger charge is -2.23. The summed E-state index contributed by atoms with van der Waals surface area (Å²) in [6, 6.07) is 8.90. The van der Waals surface area contributed by atoms with Crippen molar-refractivity contribution in [3.8, 4) is 0 Å². The van der Waals surface area contributed by atoms with Crippen molar-refractivity contribution in [1.29, 1.82) is 0 Å². The third-order valence-electron chi connectivity index (χ3n) is 3.05. The minimum Gasteiger partial charge on any atom is -0.373 e. The van der Waals surface area contributed by atoms with Crippen molar-refractivity contribution < 1.29 is 0 Å². The molecular weight excluding hydrogens is 208 g/mol. The number of anilines is 1. The van der Waals surface area contributed by atoms with Gasteiger partial charge in [-0.05, 0) is 29.7 Å². The Morgan fingerprint density at radius 2 is 1.71 bits per heavy atom. The van der Waals surface area contributed by atoms with Crippen LogP contribution in [-0.2, 0) is 5.41 Å². The fourth-order valence-electron chi connectivity index (χ4n) is 1.77. The summed E-state index contributed by atoms with van der Waals surface area (Å²) < 4.78 is 0. The molecule has 17 heavy (non-hydrogen) atoms. The van der Waals surface area contributed by atoms with E-state index in [-0.39, 0.29) is 5.41 Å². The van der Waals surface area contributed by atoms with Crippen LogP contribution in [0.3, 0.4) is 0 Å². The number of nitrogens with zero attached hydrogens (tertiary/aromatic N) is 1. The summed E-state index contributed by atoms with van der Waals surface area (Å²) in [6.45, 7) is 12.0. The Bertz CT molecular complexity index is 322. The molecule has 0 saturated heterocycles. The Kier molecular flexibility index (Phi) is 5.01. The van der Waals surface area contributed by atoms with Crippen molar-refractivity contribution in [2.75, 3.05) is 31.6 Å². The maximum atomic E-state index is 3.34. The molecule has 0 amide bonds. The van der Waals surface area contributed by atoms with Gasteiger partial charge in [-0.1, -0.05) is 39.8 Å². The van der Waals surface area contributed by atoms with Gasteiger partial charge < -0.3 is 10.2 Å². The molecule has 0 unspecified atom stereocenters. The molecule has 0 heterocycles. The number of likely N-dealkylation sites (N-methyl/N-ethyl adjacent to an activating group) is 2. The maximum absolute atomic E-state index is 3.34. The summed E-state index contributed by atoms with van der Waals surface area (Å²) in [5.41, 5.74) is 2.91. The Balaban J connectivity index is 2.61. The second kappa shape index (κ2) is 6.06. The lowest BCUT2D eigenvalue weighted by molar-refractivity contribution is 0.590. The van der Waals surface area contributed by atoms with Gasteiger partial charge in [-0.25, -0.2) is 0 Å². The van der Waals surface area contributed by atoms with E-state index in [2.05, 4.69) is 69.2 Å². The van der Waals surface area contributed by atoms with Crippen molar-refractivity contribution in [3.05, 3.63) is 29.8 Å². The molecule has 2 heteroatoms. The van der Waals surface area contributed by atoms with Crippen LogP contribution in [0.1, 0.15) is 33.3 Å². The monoisotopic (exact) mass is 234 g/mol. The highest BCUT2D eigenvalue weighted by Gasteiger charge is 2.13. The number of hydrogen-bond acceptors (Lipinski definition) is 2. The van der Waals surface area contributed by atoms with Gasteiger partial charge in [0.05, 0.1) is 0 Å². The minimum atomic E-state index is 0.237. The molecule has 0 aliphatic heterocycles. The lowest BCUT2D eigenvalue weighted by Crippen LogP contribution is -2.28. The molecule has 0 spiro atoms. The highest BCUT2D eigenvalue weighted by Crippen LogP contribution is 2.24. The van der Waals surface area contributed by atoms with Crippen LogP contribution in [0.25, 0.3) is 0 Å². The van der Waals surface area contributed by atoms with Gasteiger partial charge in [0.2, 0.25) is 0 Å². The predicted octanol–water partition coefficient (Wildman–Crippen LogP) is 3.03. The van der Waals surface area contributed by atoms with E-state index in [0.717, 1.165) is 19.6 Å². The average Bonchev–Trinajstić information content (AvgIpc) is 2.28. The first kappa shape index (κ1) is 14.0. The van der Waals surface area contributed by atoms with Crippen LogP contribution < -0.4 is 10.2 Å². The highest BCUT2D eigenvalue weighted by atomic mass is 15.1. The summed E-state index contributed by atoms with van der Waals surface area (Å²) in [5, 5.41) is 3.34. The molecule has 2 nitrogen and oxygen atoms in total. The molecule has 0 radical (unpaired) electrons. The Labute approximate surface area is 106 Å². The third-order valence-corrected chi connectivity index (χ3v) is 3.05. The zero-order valence-corrected chi connectivity index (χ0v) is 11.9. The van der Waals surface area contributed by atoms with Crippen molar-refractivity contribution in [1.82, 2.24) is 5.32 Å². The molecule has 1 N–H and O–H groups in total. The van der Waals surface area contributed by atoms with Crippen LogP contribution >= 0.6 is 0 Å². The van der Waals surface area contributed by atoms with Crippen LogP contribution in [0, 0.1) is 0 Å². The number of nitrogens with one attached hydrogen (secondary N) is 1. The van der Waals surface area contributed by atoms with Crippen molar-refractivity contribution in [3.63, 3.8) is 0 Å². The highest BCUT2D eigenvalue weighted by molar-refractivity contribution is 5.47. The van der Waals surface area contributed by atoms with Crippen LogP contribution in [0.4, 0.5) is 5.69 Å². The van der Waals surface area contributed by atoms with Gasteiger partial charge in [0, 0.05) is 25.8 Å².